The van der Waals surface area contributed by atoms with E-state index in [4.69, 9.17) is 9.47 Å². The average Bonchev–Trinajstić information content (AvgIpc) is 3.11. The van der Waals surface area contributed by atoms with Gasteiger partial charge in [-0.3, -0.25) is 9.36 Å². The Morgan fingerprint density at radius 3 is 2.69 bits per heavy atom. The highest BCUT2D eigenvalue weighted by molar-refractivity contribution is 7.99. The molecule has 29 heavy (non-hydrogen) atoms. The molecule has 1 aromatic carbocycles. The lowest BCUT2D eigenvalue weighted by Gasteiger charge is -2.36. The van der Waals surface area contributed by atoms with Gasteiger partial charge in [-0.25, -0.2) is 9.89 Å². The number of carbonyl (C=O) groups excluding carboxylic acids is 1. The number of nitrogens with zero attached hydrogens (tertiary/aromatic N) is 4. The topological polar surface area (TPSA) is 92.7 Å². The summed E-state index contributed by atoms with van der Waals surface area (Å²) < 4.78 is 12.0. The first kappa shape index (κ1) is 21.3. The van der Waals surface area contributed by atoms with Gasteiger partial charge >= 0.3 is 5.69 Å². The van der Waals surface area contributed by atoms with Crippen LogP contribution in [0.3, 0.4) is 0 Å². The van der Waals surface area contributed by atoms with Crippen LogP contribution in [0.1, 0.15) is 6.42 Å². The largest absolute Gasteiger partial charge is 0.495 e. The van der Waals surface area contributed by atoms with E-state index in [1.807, 2.05) is 29.2 Å². The minimum absolute atomic E-state index is 0.0496. The number of aromatic amines is 1. The van der Waals surface area contributed by atoms with E-state index in [0.717, 1.165) is 24.5 Å². The van der Waals surface area contributed by atoms with E-state index in [1.165, 1.54) is 11.8 Å². The summed E-state index contributed by atoms with van der Waals surface area (Å²) in [5.41, 5.74) is 0.787. The van der Waals surface area contributed by atoms with Gasteiger partial charge in [-0.05, 0) is 18.6 Å². The van der Waals surface area contributed by atoms with E-state index >= 15 is 0 Å². The minimum atomic E-state index is -0.263. The number of nitrogens with one attached hydrogen (secondary N) is 1. The molecule has 0 aliphatic carbocycles. The normalized spacial score (nSPS) is 14.3. The zero-order chi connectivity index (χ0) is 20.6. The minimum Gasteiger partial charge on any atom is -0.495 e. The number of H-pyrrole nitrogens is 1. The average molecular weight is 422 g/mol. The summed E-state index contributed by atoms with van der Waals surface area (Å²) in [6.07, 6.45) is 0.711. The lowest BCUT2D eigenvalue weighted by molar-refractivity contribution is -0.128. The van der Waals surface area contributed by atoms with Crippen LogP contribution in [0.25, 0.3) is 0 Å². The number of aromatic nitrogens is 3. The van der Waals surface area contributed by atoms with E-state index in [0.29, 0.717) is 37.8 Å². The fourth-order valence-corrected chi connectivity index (χ4v) is 4.16. The molecule has 10 heteroatoms. The van der Waals surface area contributed by atoms with Crippen LogP contribution in [-0.4, -0.2) is 78.3 Å². The van der Waals surface area contributed by atoms with Crippen molar-refractivity contribution in [3.63, 3.8) is 0 Å². The monoisotopic (exact) mass is 421 g/mol. The summed E-state index contributed by atoms with van der Waals surface area (Å²) in [4.78, 5) is 28.6. The Balaban J connectivity index is 1.51. The number of para-hydroxylation sites is 2. The van der Waals surface area contributed by atoms with Crippen LogP contribution in [0.4, 0.5) is 5.69 Å². The molecule has 1 saturated heterocycles. The first-order valence-corrected chi connectivity index (χ1v) is 10.5. The number of methoxy groups -OCH3 is 2. The van der Waals surface area contributed by atoms with Gasteiger partial charge in [0.2, 0.25) is 5.91 Å². The summed E-state index contributed by atoms with van der Waals surface area (Å²) >= 11 is 1.29. The second kappa shape index (κ2) is 10.4. The summed E-state index contributed by atoms with van der Waals surface area (Å²) in [5, 5.41) is 7.03. The Kier molecular flexibility index (Phi) is 7.59. The third kappa shape index (κ3) is 5.33. The first-order valence-electron chi connectivity index (χ1n) is 9.56. The molecule has 9 nitrogen and oxygen atoms in total. The smallest absolute Gasteiger partial charge is 0.343 e. The Morgan fingerprint density at radius 2 is 1.97 bits per heavy atom. The zero-order valence-electron chi connectivity index (χ0n) is 16.8. The van der Waals surface area contributed by atoms with Gasteiger partial charge < -0.3 is 19.3 Å². The molecule has 1 N–H and O–H groups in total. The highest BCUT2D eigenvalue weighted by Crippen LogP contribution is 2.28. The Bertz CT molecular complexity index is 860. The van der Waals surface area contributed by atoms with Crippen molar-refractivity contribution in [2.45, 2.75) is 18.1 Å². The summed E-state index contributed by atoms with van der Waals surface area (Å²) in [6.45, 7) is 3.88. The van der Waals surface area contributed by atoms with Crippen LogP contribution in [0.2, 0.25) is 0 Å². The summed E-state index contributed by atoms with van der Waals surface area (Å²) in [5.74, 6) is 1.14. The Hall–Kier alpha value is -2.46. The predicted molar refractivity (Wildman–Crippen MR) is 112 cm³/mol. The lowest BCUT2D eigenvalue weighted by atomic mass is 10.2. The second-order valence-corrected chi connectivity index (χ2v) is 7.58. The fraction of sp³-hybridized carbons (Fsp3) is 0.526. The molecule has 0 saturated carbocycles. The molecule has 0 radical (unpaired) electrons. The first-order chi connectivity index (χ1) is 14.1. The molecular weight excluding hydrogens is 394 g/mol. The van der Waals surface area contributed by atoms with Crippen LogP contribution < -0.4 is 15.3 Å². The molecule has 1 aromatic heterocycles. The predicted octanol–water partition coefficient (Wildman–Crippen LogP) is 1.06. The summed E-state index contributed by atoms with van der Waals surface area (Å²) in [7, 11) is 3.29. The molecule has 1 amide bonds. The van der Waals surface area contributed by atoms with Crippen LogP contribution in [0.5, 0.6) is 5.75 Å². The van der Waals surface area contributed by atoms with Gasteiger partial charge in [0, 0.05) is 46.4 Å². The van der Waals surface area contributed by atoms with Gasteiger partial charge in [0.1, 0.15) is 5.75 Å². The van der Waals surface area contributed by atoms with Crippen molar-refractivity contribution >= 4 is 23.4 Å². The van der Waals surface area contributed by atoms with Gasteiger partial charge in [0.05, 0.1) is 18.6 Å². The number of rotatable bonds is 9. The van der Waals surface area contributed by atoms with Crippen LogP contribution in [0, 0.1) is 0 Å². The summed E-state index contributed by atoms with van der Waals surface area (Å²) in [6, 6.07) is 7.91. The van der Waals surface area contributed by atoms with Crippen LogP contribution in [0.15, 0.2) is 34.2 Å². The molecule has 0 unspecified atom stereocenters. The van der Waals surface area contributed by atoms with Crippen LogP contribution in [-0.2, 0) is 16.1 Å². The Labute approximate surface area is 174 Å². The number of piperazine rings is 1. The van der Waals surface area contributed by atoms with E-state index in [-0.39, 0.29) is 17.3 Å². The molecule has 1 aliphatic heterocycles. The van der Waals surface area contributed by atoms with Crippen molar-refractivity contribution in [3.05, 3.63) is 34.7 Å². The van der Waals surface area contributed by atoms with Gasteiger partial charge in [-0.1, -0.05) is 23.9 Å². The number of benzene rings is 1. The van der Waals surface area contributed by atoms with Crippen molar-refractivity contribution in [1.29, 1.82) is 0 Å². The van der Waals surface area contributed by atoms with E-state index < -0.39 is 0 Å². The van der Waals surface area contributed by atoms with Crippen molar-refractivity contribution in [2.75, 3.05) is 57.7 Å². The molecule has 1 aliphatic rings. The van der Waals surface area contributed by atoms with E-state index in [2.05, 4.69) is 15.1 Å². The van der Waals surface area contributed by atoms with Crippen molar-refractivity contribution in [3.8, 4) is 5.75 Å². The number of thioether (sulfide) groups is 1. The molecular formula is C19H27N5O4S. The van der Waals surface area contributed by atoms with Gasteiger partial charge in [-0.15, -0.1) is 5.10 Å². The molecule has 158 valence electrons. The Morgan fingerprint density at radius 1 is 1.21 bits per heavy atom. The SMILES string of the molecule is COCCCn1c(SCC(=O)N2CCN(c3ccccc3OC)CC2)n[nH]c1=O. The molecule has 2 heterocycles. The number of ether oxygens (including phenoxy) is 2. The fourth-order valence-electron chi connectivity index (χ4n) is 3.28. The maximum absolute atomic E-state index is 12.6. The molecule has 1 fully saturated rings. The molecule has 2 aromatic rings. The maximum atomic E-state index is 12.6. The lowest BCUT2D eigenvalue weighted by Crippen LogP contribution is -2.49. The van der Waals surface area contributed by atoms with E-state index in [9.17, 15) is 9.59 Å². The quantitative estimate of drug-likeness (QED) is 0.478. The zero-order valence-corrected chi connectivity index (χ0v) is 17.6. The highest BCUT2D eigenvalue weighted by atomic mass is 32.2. The van der Waals surface area contributed by atoms with Crippen molar-refractivity contribution < 1.29 is 14.3 Å². The molecule has 0 atom stereocenters. The number of anilines is 1. The highest BCUT2D eigenvalue weighted by Gasteiger charge is 2.23. The number of amides is 1. The standard InChI is InChI=1S/C19H27N5O4S/c1-27-13-5-8-24-18(26)20-21-19(24)29-14-17(25)23-11-9-22(10-12-23)15-6-3-4-7-16(15)28-2/h3-4,6-7H,5,8-14H2,1-2H3,(H,20,26). The van der Waals surface area contributed by atoms with Gasteiger partial charge in [-0.2, -0.15) is 0 Å². The molecule has 0 spiro atoms. The molecule has 3 rings (SSSR count). The number of carbonyl (C=O) groups is 1. The van der Waals surface area contributed by atoms with Gasteiger partial charge in [0.15, 0.2) is 5.16 Å². The second-order valence-electron chi connectivity index (χ2n) is 6.64. The molecule has 0 bridgehead atoms. The van der Waals surface area contributed by atoms with E-state index in [1.54, 1.807) is 18.8 Å². The third-order valence-electron chi connectivity index (χ3n) is 4.84. The van der Waals surface area contributed by atoms with Gasteiger partial charge in [0.25, 0.3) is 0 Å². The van der Waals surface area contributed by atoms with Crippen molar-refractivity contribution in [1.82, 2.24) is 19.7 Å². The maximum Gasteiger partial charge on any atom is 0.343 e. The number of hydrogen-bond acceptors (Lipinski definition) is 7. The third-order valence-corrected chi connectivity index (χ3v) is 5.80. The number of hydrogen-bond donors (Lipinski definition) is 1. The van der Waals surface area contributed by atoms with Crippen molar-refractivity contribution in [2.24, 2.45) is 0 Å². The van der Waals surface area contributed by atoms with Crippen LogP contribution >= 0.6 is 11.8 Å².